The number of aliphatic hydroxyl groups is 1. The first-order chi connectivity index (χ1) is 9.25. The maximum absolute atomic E-state index is 9.85. The first-order valence-corrected chi connectivity index (χ1v) is 6.27. The zero-order valence-corrected chi connectivity index (χ0v) is 10.9. The molecule has 0 aliphatic carbocycles. The average molecular weight is 258 g/mol. The lowest BCUT2D eigenvalue weighted by atomic mass is 10.2. The Hall–Kier alpha value is -2.07. The summed E-state index contributed by atoms with van der Waals surface area (Å²) in [6.07, 6.45) is 1.13. The second-order valence-corrected chi connectivity index (χ2v) is 4.33. The molecule has 1 heterocycles. The molecule has 0 amide bonds. The Kier molecular flexibility index (Phi) is 4.75. The molecule has 2 aromatic rings. The molecule has 0 bridgehead atoms. The van der Waals surface area contributed by atoms with Gasteiger partial charge in [0.15, 0.2) is 0 Å². The zero-order valence-electron chi connectivity index (χ0n) is 10.9. The number of rotatable bonds is 6. The molecule has 2 N–H and O–H groups in total. The predicted molar refractivity (Wildman–Crippen MR) is 75.4 cm³/mol. The molecule has 100 valence electrons. The third kappa shape index (κ3) is 4.26. The number of pyridine rings is 1. The molecule has 1 unspecified atom stereocenters. The summed E-state index contributed by atoms with van der Waals surface area (Å²) < 4.78 is 5.58. The van der Waals surface area contributed by atoms with E-state index in [4.69, 9.17) is 4.74 Å². The summed E-state index contributed by atoms with van der Waals surface area (Å²) in [6.45, 7) is 2.64. The van der Waals surface area contributed by atoms with Gasteiger partial charge in [-0.1, -0.05) is 24.3 Å². The van der Waals surface area contributed by atoms with Crippen LogP contribution in [0.5, 0.6) is 5.75 Å². The molecule has 4 nitrogen and oxygen atoms in total. The second kappa shape index (κ2) is 6.75. The smallest absolute Gasteiger partial charge is 0.125 e. The van der Waals surface area contributed by atoms with Crippen LogP contribution in [0.1, 0.15) is 5.56 Å². The van der Waals surface area contributed by atoms with E-state index in [2.05, 4.69) is 10.3 Å². The van der Waals surface area contributed by atoms with Crippen molar-refractivity contribution in [3.8, 4) is 5.75 Å². The van der Waals surface area contributed by atoms with Gasteiger partial charge in [-0.15, -0.1) is 0 Å². The van der Waals surface area contributed by atoms with Crippen molar-refractivity contribution in [2.45, 2.75) is 13.0 Å². The largest absolute Gasteiger partial charge is 0.491 e. The summed E-state index contributed by atoms with van der Waals surface area (Å²) in [5, 5.41) is 12.9. The monoisotopic (exact) mass is 258 g/mol. The Balaban J connectivity index is 1.76. The highest BCUT2D eigenvalue weighted by Crippen LogP contribution is 2.16. The fourth-order valence-corrected chi connectivity index (χ4v) is 1.65. The van der Waals surface area contributed by atoms with Crippen molar-refractivity contribution < 1.29 is 9.84 Å². The summed E-state index contributed by atoms with van der Waals surface area (Å²) >= 11 is 0. The van der Waals surface area contributed by atoms with E-state index in [0.717, 1.165) is 17.1 Å². The molecule has 19 heavy (non-hydrogen) atoms. The molecule has 1 atom stereocenters. The lowest BCUT2D eigenvalue weighted by molar-refractivity contribution is 0.117. The molecule has 0 saturated carbocycles. The molecular formula is C15H18N2O2. The maximum atomic E-state index is 9.85. The van der Waals surface area contributed by atoms with Gasteiger partial charge in [-0.25, -0.2) is 4.98 Å². The van der Waals surface area contributed by atoms with E-state index in [9.17, 15) is 5.11 Å². The van der Waals surface area contributed by atoms with Crippen LogP contribution in [0, 0.1) is 6.92 Å². The Morgan fingerprint density at radius 1 is 1.21 bits per heavy atom. The minimum absolute atomic E-state index is 0.255. The highest BCUT2D eigenvalue weighted by Gasteiger charge is 2.06. The first-order valence-electron chi connectivity index (χ1n) is 6.27. The number of aryl methyl sites for hydroxylation is 1. The molecular weight excluding hydrogens is 240 g/mol. The zero-order chi connectivity index (χ0) is 13.5. The van der Waals surface area contributed by atoms with Crippen LogP contribution in [0.2, 0.25) is 0 Å². The van der Waals surface area contributed by atoms with E-state index < -0.39 is 6.10 Å². The van der Waals surface area contributed by atoms with Gasteiger partial charge in [0.25, 0.3) is 0 Å². The maximum Gasteiger partial charge on any atom is 0.125 e. The number of aromatic nitrogens is 1. The van der Waals surface area contributed by atoms with Gasteiger partial charge >= 0.3 is 0 Å². The SMILES string of the molecule is Cc1ccccc1OCC(O)CNc1ccccn1. The molecule has 1 aromatic heterocycles. The van der Waals surface area contributed by atoms with Gasteiger partial charge in [0.05, 0.1) is 0 Å². The molecule has 0 aliphatic heterocycles. The number of benzene rings is 1. The third-order valence-electron chi connectivity index (χ3n) is 2.71. The molecule has 1 aromatic carbocycles. The Morgan fingerprint density at radius 2 is 2.00 bits per heavy atom. The average Bonchev–Trinajstić information content (AvgIpc) is 2.45. The van der Waals surface area contributed by atoms with Crippen molar-refractivity contribution in [2.24, 2.45) is 0 Å². The lowest BCUT2D eigenvalue weighted by Crippen LogP contribution is -2.26. The third-order valence-corrected chi connectivity index (χ3v) is 2.71. The van der Waals surface area contributed by atoms with Crippen LogP contribution in [-0.4, -0.2) is 29.3 Å². The van der Waals surface area contributed by atoms with Gasteiger partial charge in [0, 0.05) is 12.7 Å². The van der Waals surface area contributed by atoms with Crippen LogP contribution in [0.4, 0.5) is 5.82 Å². The van der Waals surface area contributed by atoms with E-state index >= 15 is 0 Å². The first kappa shape index (κ1) is 13.4. The number of nitrogens with one attached hydrogen (secondary N) is 1. The lowest BCUT2D eigenvalue weighted by Gasteiger charge is -2.14. The van der Waals surface area contributed by atoms with E-state index in [1.54, 1.807) is 6.20 Å². The molecule has 0 saturated heterocycles. The summed E-state index contributed by atoms with van der Waals surface area (Å²) in [7, 11) is 0. The van der Waals surface area contributed by atoms with Crippen LogP contribution < -0.4 is 10.1 Å². The number of nitrogens with zero attached hydrogens (tertiary/aromatic N) is 1. The van der Waals surface area contributed by atoms with Crippen LogP contribution in [0.15, 0.2) is 48.7 Å². The molecule has 0 spiro atoms. The fourth-order valence-electron chi connectivity index (χ4n) is 1.65. The standard InChI is InChI=1S/C15H18N2O2/c1-12-6-2-3-7-14(12)19-11-13(18)10-17-15-8-4-5-9-16-15/h2-9,13,18H,10-11H2,1H3,(H,16,17). The highest BCUT2D eigenvalue weighted by molar-refractivity contribution is 5.33. The van der Waals surface area contributed by atoms with Crippen LogP contribution >= 0.6 is 0 Å². The molecule has 2 rings (SSSR count). The quantitative estimate of drug-likeness (QED) is 0.834. The Bertz CT molecular complexity index is 503. The van der Waals surface area contributed by atoms with Gasteiger partial charge in [-0.2, -0.15) is 0 Å². The van der Waals surface area contributed by atoms with Gasteiger partial charge < -0.3 is 15.2 Å². The normalized spacial score (nSPS) is 11.9. The summed E-state index contributed by atoms with van der Waals surface area (Å²) in [5.41, 5.74) is 1.06. The number of hydrogen-bond acceptors (Lipinski definition) is 4. The predicted octanol–water partition coefficient (Wildman–Crippen LogP) is 2.24. The topological polar surface area (TPSA) is 54.4 Å². The molecule has 0 radical (unpaired) electrons. The summed E-state index contributed by atoms with van der Waals surface area (Å²) in [5.74, 6) is 1.55. The van der Waals surface area contributed by atoms with Crippen LogP contribution in [-0.2, 0) is 0 Å². The number of ether oxygens (including phenoxy) is 1. The van der Waals surface area contributed by atoms with E-state index in [1.807, 2.05) is 49.4 Å². The number of anilines is 1. The van der Waals surface area contributed by atoms with E-state index in [1.165, 1.54) is 0 Å². The van der Waals surface area contributed by atoms with Crippen molar-refractivity contribution in [2.75, 3.05) is 18.5 Å². The molecule has 0 fully saturated rings. The summed E-state index contributed by atoms with van der Waals surface area (Å²) in [4.78, 5) is 4.12. The van der Waals surface area contributed by atoms with Crippen molar-refractivity contribution >= 4 is 5.82 Å². The van der Waals surface area contributed by atoms with Crippen LogP contribution in [0.3, 0.4) is 0 Å². The van der Waals surface area contributed by atoms with Crippen molar-refractivity contribution in [1.29, 1.82) is 0 Å². The molecule has 0 aliphatic rings. The summed E-state index contributed by atoms with van der Waals surface area (Å²) in [6, 6.07) is 13.4. The van der Waals surface area contributed by atoms with E-state index in [0.29, 0.717) is 6.54 Å². The number of hydrogen-bond donors (Lipinski definition) is 2. The van der Waals surface area contributed by atoms with Gasteiger partial charge in [-0.05, 0) is 30.7 Å². The van der Waals surface area contributed by atoms with Crippen molar-refractivity contribution in [3.05, 3.63) is 54.2 Å². The number of para-hydroxylation sites is 1. The highest BCUT2D eigenvalue weighted by atomic mass is 16.5. The minimum atomic E-state index is -0.582. The molecule has 4 heteroatoms. The van der Waals surface area contributed by atoms with E-state index in [-0.39, 0.29) is 6.61 Å². The number of aliphatic hydroxyl groups excluding tert-OH is 1. The van der Waals surface area contributed by atoms with Crippen molar-refractivity contribution in [3.63, 3.8) is 0 Å². The minimum Gasteiger partial charge on any atom is -0.491 e. The Labute approximate surface area is 113 Å². The second-order valence-electron chi connectivity index (χ2n) is 4.33. The Morgan fingerprint density at radius 3 is 2.74 bits per heavy atom. The van der Waals surface area contributed by atoms with Crippen molar-refractivity contribution in [1.82, 2.24) is 4.98 Å². The van der Waals surface area contributed by atoms with Crippen LogP contribution in [0.25, 0.3) is 0 Å². The van der Waals surface area contributed by atoms with Gasteiger partial charge in [0.1, 0.15) is 24.3 Å². The van der Waals surface area contributed by atoms with Gasteiger partial charge in [0.2, 0.25) is 0 Å². The fraction of sp³-hybridized carbons (Fsp3) is 0.267. The van der Waals surface area contributed by atoms with Gasteiger partial charge in [-0.3, -0.25) is 0 Å².